The number of rotatable bonds is 2. The molecular weight excluding hydrogens is 266 g/mol. The summed E-state index contributed by atoms with van der Waals surface area (Å²) < 4.78 is 5.83. The van der Waals surface area contributed by atoms with E-state index in [0.717, 1.165) is 3.79 Å². The minimum absolute atomic E-state index is 0.123. The van der Waals surface area contributed by atoms with Crippen molar-refractivity contribution in [2.45, 2.75) is 0 Å². The zero-order valence-electron chi connectivity index (χ0n) is 7.12. The minimum atomic E-state index is -0.926. The molecule has 1 fully saturated rings. The molecule has 0 spiro atoms. The highest BCUT2D eigenvalue weighted by molar-refractivity contribution is 9.11. The van der Waals surface area contributed by atoms with Crippen molar-refractivity contribution in [3.05, 3.63) is 20.8 Å². The van der Waals surface area contributed by atoms with Gasteiger partial charge in [-0.25, -0.2) is 0 Å². The average Bonchev–Trinajstić information content (AvgIpc) is 2.50. The summed E-state index contributed by atoms with van der Waals surface area (Å²) in [5.74, 6) is -0.123. The van der Waals surface area contributed by atoms with Gasteiger partial charge in [0.1, 0.15) is 0 Å². The lowest BCUT2D eigenvalue weighted by atomic mass is 9.82. The van der Waals surface area contributed by atoms with Crippen molar-refractivity contribution in [3.8, 4) is 6.07 Å². The van der Waals surface area contributed by atoms with Gasteiger partial charge in [0.15, 0.2) is 11.2 Å². The molecule has 0 unspecified atom stereocenters. The van der Waals surface area contributed by atoms with Crippen LogP contribution in [0.5, 0.6) is 0 Å². The van der Waals surface area contributed by atoms with Crippen LogP contribution >= 0.6 is 27.3 Å². The molecule has 2 heterocycles. The zero-order chi connectivity index (χ0) is 10.2. The number of ether oxygens (including phenoxy) is 1. The van der Waals surface area contributed by atoms with Crippen molar-refractivity contribution >= 4 is 33.0 Å². The molecule has 3 nitrogen and oxygen atoms in total. The van der Waals surface area contributed by atoms with Crippen LogP contribution in [0, 0.1) is 16.7 Å². The smallest absolute Gasteiger partial charge is 0.197 e. The Labute approximate surface area is 93.4 Å². The van der Waals surface area contributed by atoms with Crippen molar-refractivity contribution in [1.82, 2.24) is 0 Å². The normalized spacial score (nSPS) is 18.3. The quantitative estimate of drug-likeness (QED) is 0.776. The topological polar surface area (TPSA) is 50.1 Å². The van der Waals surface area contributed by atoms with E-state index in [1.165, 1.54) is 11.3 Å². The number of ketones is 1. The first-order chi connectivity index (χ1) is 6.68. The van der Waals surface area contributed by atoms with E-state index in [2.05, 4.69) is 15.9 Å². The lowest BCUT2D eigenvalue weighted by molar-refractivity contribution is -0.0564. The van der Waals surface area contributed by atoms with E-state index >= 15 is 0 Å². The van der Waals surface area contributed by atoms with Crippen molar-refractivity contribution in [2.75, 3.05) is 13.2 Å². The maximum atomic E-state index is 11.9. The lowest BCUT2D eigenvalue weighted by Crippen LogP contribution is -2.47. The molecule has 1 aromatic rings. The van der Waals surface area contributed by atoms with Crippen LogP contribution in [-0.2, 0) is 4.74 Å². The third-order valence-corrected chi connectivity index (χ3v) is 3.76. The van der Waals surface area contributed by atoms with E-state index in [0.29, 0.717) is 4.88 Å². The predicted molar refractivity (Wildman–Crippen MR) is 55.2 cm³/mol. The summed E-state index contributed by atoms with van der Waals surface area (Å²) in [6.07, 6.45) is 0. The summed E-state index contributed by atoms with van der Waals surface area (Å²) in [7, 11) is 0. The molecule has 72 valence electrons. The summed E-state index contributed by atoms with van der Waals surface area (Å²) >= 11 is 4.63. The Morgan fingerprint density at radius 1 is 1.64 bits per heavy atom. The van der Waals surface area contributed by atoms with Gasteiger partial charge in [-0.05, 0) is 28.1 Å². The van der Waals surface area contributed by atoms with Crippen LogP contribution < -0.4 is 0 Å². The molecular formula is C9H6BrNO2S. The first-order valence-corrected chi connectivity index (χ1v) is 5.58. The van der Waals surface area contributed by atoms with E-state index in [1.54, 1.807) is 6.07 Å². The molecule has 0 N–H and O–H groups in total. The number of Topliss-reactive ketones (excluding diaryl/α,β-unsaturated/α-hetero) is 1. The fraction of sp³-hybridized carbons (Fsp3) is 0.333. The number of nitriles is 1. The molecule has 1 saturated heterocycles. The highest BCUT2D eigenvalue weighted by atomic mass is 79.9. The third kappa shape index (κ3) is 1.40. The molecule has 1 aromatic heterocycles. The molecule has 14 heavy (non-hydrogen) atoms. The van der Waals surface area contributed by atoms with E-state index in [4.69, 9.17) is 10.00 Å². The predicted octanol–water partition coefficient (Wildman–Crippen LogP) is 2.23. The van der Waals surface area contributed by atoms with Gasteiger partial charge in [0.25, 0.3) is 0 Å². The number of hydrogen-bond acceptors (Lipinski definition) is 4. The standard InChI is InChI=1S/C9H6BrNO2S/c10-7-2-1-6(14-7)8(12)9(3-11)4-13-5-9/h1-2H,4-5H2. The maximum absolute atomic E-state index is 11.9. The molecule has 0 radical (unpaired) electrons. The highest BCUT2D eigenvalue weighted by Gasteiger charge is 2.47. The van der Waals surface area contributed by atoms with E-state index < -0.39 is 5.41 Å². The van der Waals surface area contributed by atoms with Crippen LogP contribution in [0.25, 0.3) is 0 Å². The Morgan fingerprint density at radius 2 is 2.36 bits per heavy atom. The fourth-order valence-corrected chi connectivity index (χ4v) is 2.65. The van der Waals surface area contributed by atoms with Gasteiger partial charge >= 0.3 is 0 Å². The molecule has 0 saturated carbocycles. The van der Waals surface area contributed by atoms with Crippen molar-refractivity contribution < 1.29 is 9.53 Å². The molecule has 0 amide bonds. The van der Waals surface area contributed by atoms with E-state index in [9.17, 15) is 4.79 Å². The Kier molecular flexibility index (Phi) is 2.43. The van der Waals surface area contributed by atoms with Gasteiger partial charge in [-0.1, -0.05) is 0 Å². The van der Waals surface area contributed by atoms with Crippen LogP contribution in [-0.4, -0.2) is 19.0 Å². The van der Waals surface area contributed by atoms with Crippen LogP contribution in [0.15, 0.2) is 15.9 Å². The fourth-order valence-electron chi connectivity index (χ4n) is 1.22. The number of thiophene rings is 1. The largest absolute Gasteiger partial charge is 0.377 e. The Bertz CT molecular complexity index is 417. The summed E-state index contributed by atoms with van der Waals surface area (Å²) in [5.41, 5.74) is -0.926. The molecule has 0 atom stereocenters. The Morgan fingerprint density at radius 3 is 2.71 bits per heavy atom. The van der Waals surface area contributed by atoms with Gasteiger partial charge in [-0.3, -0.25) is 4.79 Å². The molecule has 5 heteroatoms. The Balaban J connectivity index is 2.28. The second-order valence-electron chi connectivity index (χ2n) is 3.12. The first-order valence-electron chi connectivity index (χ1n) is 3.97. The summed E-state index contributed by atoms with van der Waals surface area (Å²) in [4.78, 5) is 12.5. The SMILES string of the molecule is N#CC1(C(=O)c2ccc(Br)s2)COC1. The first kappa shape index (κ1) is 9.84. The lowest BCUT2D eigenvalue weighted by Gasteiger charge is -2.32. The Hall–Kier alpha value is -0.700. The molecule has 0 aromatic carbocycles. The molecule has 0 bridgehead atoms. The number of nitrogens with zero attached hydrogens (tertiary/aromatic N) is 1. The van der Waals surface area contributed by atoms with Gasteiger partial charge in [-0.15, -0.1) is 11.3 Å². The van der Waals surface area contributed by atoms with Gasteiger partial charge in [0.2, 0.25) is 0 Å². The molecule has 1 aliphatic heterocycles. The number of hydrogen-bond donors (Lipinski definition) is 0. The van der Waals surface area contributed by atoms with Gasteiger partial charge in [0, 0.05) is 0 Å². The maximum Gasteiger partial charge on any atom is 0.197 e. The van der Waals surface area contributed by atoms with Crippen LogP contribution in [0.4, 0.5) is 0 Å². The minimum Gasteiger partial charge on any atom is -0.377 e. The van der Waals surface area contributed by atoms with Crippen LogP contribution in [0.1, 0.15) is 9.67 Å². The summed E-state index contributed by atoms with van der Waals surface area (Å²) in [6, 6.07) is 5.58. The van der Waals surface area contributed by atoms with E-state index in [1.807, 2.05) is 12.1 Å². The molecule has 1 aliphatic rings. The number of halogens is 1. The van der Waals surface area contributed by atoms with E-state index in [-0.39, 0.29) is 19.0 Å². The second kappa shape index (κ2) is 3.46. The zero-order valence-corrected chi connectivity index (χ0v) is 9.52. The van der Waals surface area contributed by atoms with Crippen molar-refractivity contribution in [1.29, 1.82) is 5.26 Å². The average molecular weight is 272 g/mol. The van der Waals surface area contributed by atoms with Gasteiger partial charge in [0.05, 0.1) is 27.9 Å². The highest BCUT2D eigenvalue weighted by Crippen LogP contribution is 2.34. The van der Waals surface area contributed by atoms with Gasteiger partial charge in [-0.2, -0.15) is 5.26 Å². The van der Waals surface area contributed by atoms with Crippen molar-refractivity contribution in [2.24, 2.45) is 5.41 Å². The van der Waals surface area contributed by atoms with Crippen molar-refractivity contribution in [3.63, 3.8) is 0 Å². The number of carbonyl (C=O) groups excluding carboxylic acids is 1. The summed E-state index contributed by atoms with van der Waals surface area (Å²) in [6.45, 7) is 0.440. The molecule has 0 aliphatic carbocycles. The van der Waals surface area contributed by atoms with Crippen LogP contribution in [0.2, 0.25) is 0 Å². The van der Waals surface area contributed by atoms with Gasteiger partial charge < -0.3 is 4.74 Å². The third-order valence-electron chi connectivity index (χ3n) is 2.14. The summed E-state index contributed by atoms with van der Waals surface area (Å²) in [5, 5.41) is 8.92. The second-order valence-corrected chi connectivity index (χ2v) is 5.58. The van der Waals surface area contributed by atoms with Crippen LogP contribution in [0.3, 0.4) is 0 Å². The molecule has 2 rings (SSSR count). The monoisotopic (exact) mass is 271 g/mol. The number of carbonyl (C=O) groups is 1.